The molecule has 6 nitrogen and oxygen atoms in total. The van der Waals surface area contributed by atoms with Crippen molar-refractivity contribution in [2.24, 2.45) is 0 Å². The van der Waals surface area contributed by atoms with Crippen LogP contribution in [0, 0.1) is 26.6 Å². The number of esters is 1. The van der Waals surface area contributed by atoms with Crippen LogP contribution in [0.1, 0.15) is 51.3 Å². The Labute approximate surface area is 193 Å². The van der Waals surface area contributed by atoms with Gasteiger partial charge in [0.15, 0.2) is 0 Å². The second-order valence-electron chi connectivity index (χ2n) is 8.47. The van der Waals surface area contributed by atoms with Gasteiger partial charge in [0.25, 0.3) is 5.91 Å². The lowest BCUT2D eigenvalue weighted by atomic mass is 9.97. The SMILES string of the molecule is COC(=O)CCc1c(C)nn(-c2ccc(C(=O)N3CCCc4cc(F)cc(C)c43)cc2)c1C. The third-order valence-electron chi connectivity index (χ3n) is 6.29. The molecule has 3 aromatic rings. The fourth-order valence-electron chi connectivity index (χ4n) is 4.64. The largest absolute Gasteiger partial charge is 0.469 e. The van der Waals surface area contributed by atoms with E-state index in [1.165, 1.54) is 19.2 Å². The molecule has 2 heterocycles. The number of hydrogen-bond donors (Lipinski definition) is 0. The number of aromatic nitrogens is 2. The molecule has 1 aliphatic heterocycles. The van der Waals surface area contributed by atoms with Crippen LogP contribution in [0.5, 0.6) is 0 Å². The van der Waals surface area contributed by atoms with E-state index < -0.39 is 0 Å². The molecular weight excluding hydrogens is 421 g/mol. The molecule has 0 N–H and O–H groups in total. The Kier molecular flexibility index (Phi) is 6.31. The maximum atomic E-state index is 13.8. The van der Waals surface area contributed by atoms with Gasteiger partial charge < -0.3 is 9.64 Å². The molecule has 0 fully saturated rings. The first-order valence-corrected chi connectivity index (χ1v) is 11.1. The monoisotopic (exact) mass is 449 g/mol. The number of rotatable bonds is 5. The average molecular weight is 450 g/mol. The van der Waals surface area contributed by atoms with Gasteiger partial charge in [0, 0.05) is 24.2 Å². The van der Waals surface area contributed by atoms with E-state index in [4.69, 9.17) is 4.74 Å². The highest BCUT2D eigenvalue weighted by atomic mass is 19.1. The molecule has 0 radical (unpaired) electrons. The molecule has 0 saturated heterocycles. The van der Waals surface area contributed by atoms with Crippen molar-refractivity contribution in [3.8, 4) is 5.69 Å². The minimum Gasteiger partial charge on any atom is -0.469 e. The molecule has 2 aromatic carbocycles. The standard InChI is InChI=1S/C26H28FN3O3/c1-16-14-21(27)15-20-6-5-13-29(25(16)20)26(32)19-7-9-22(10-8-19)30-18(3)23(17(2)28-30)11-12-24(31)33-4/h7-10,14-15H,5-6,11-13H2,1-4H3. The van der Waals surface area contributed by atoms with Gasteiger partial charge in [0.1, 0.15) is 5.82 Å². The molecule has 172 valence electrons. The van der Waals surface area contributed by atoms with Crippen molar-refractivity contribution in [3.05, 3.63) is 75.9 Å². The summed E-state index contributed by atoms with van der Waals surface area (Å²) in [5, 5.41) is 4.63. The van der Waals surface area contributed by atoms with Crippen LogP contribution in [0.3, 0.4) is 0 Å². The van der Waals surface area contributed by atoms with Crippen LogP contribution in [-0.2, 0) is 22.4 Å². The Morgan fingerprint density at radius 1 is 1.12 bits per heavy atom. The van der Waals surface area contributed by atoms with Gasteiger partial charge in [-0.15, -0.1) is 0 Å². The molecule has 0 bridgehead atoms. The summed E-state index contributed by atoms with van der Waals surface area (Å²) < 4.78 is 20.4. The van der Waals surface area contributed by atoms with E-state index in [0.717, 1.165) is 52.3 Å². The summed E-state index contributed by atoms with van der Waals surface area (Å²) in [6.45, 7) is 6.35. The van der Waals surface area contributed by atoms with Gasteiger partial charge in [-0.2, -0.15) is 5.10 Å². The molecule has 33 heavy (non-hydrogen) atoms. The maximum absolute atomic E-state index is 13.8. The Morgan fingerprint density at radius 3 is 2.55 bits per heavy atom. The van der Waals surface area contributed by atoms with Gasteiger partial charge in [0.2, 0.25) is 0 Å². The van der Waals surface area contributed by atoms with Crippen molar-refractivity contribution in [1.82, 2.24) is 9.78 Å². The van der Waals surface area contributed by atoms with Gasteiger partial charge in [-0.25, -0.2) is 9.07 Å². The van der Waals surface area contributed by atoms with Crippen LogP contribution in [0.2, 0.25) is 0 Å². The quantitative estimate of drug-likeness (QED) is 0.533. The van der Waals surface area contributed by atoms with Gasteiger partial charge >= 0.3 is 5.97 Å². The highest BCUT2D eigenvalue weighted by Gasteiger charge is 2.26. The molecule has 1 aromatic heterocycles. The minimum absolute atomic E-state index is 0.0932. The number of anilines is 1. The summed E-state index contributed by atoms with van der Waals surface area (Å²) in [4.78, 5) is 26.6. The summed E-state index contributed by atoms with van der Waals surface area (Å²) in [6.07, 6.45) is 2.44. The van der Waals surface area contributed by atoms with E-state index in [-0.39, 0.29) is 17.7 Å². The molecule has 0 unspecified atom stereocenters. The van der Waals surface area contributed by atoms with Crippen LogP contribution in [0.15, 0.2) is 36.4 Å². The molecule has 0 spiro atoms. The maximum Gasteiger partial charge on any atom is 0.305 e. The van der Waals surface area contributed by atoms with Crippen LogP contribution < -0.4 is 4.90 Å². The number of benzene rings is 2. The smallest absolute Gasteiger partial charge is 0.305 e. The lowest BCUT2D eigenvalue weighted by Gasteiger charge is -2.31. The number of carbonyl (C=O) groups excluding carboxylic acids is 2. The first kappa shape index (κ1) is 22.7. The molecule has 1 amide bonds. The number of aryl methyl sites for hydroxylation is 3. The molecular formula is C26H28FN3O3. The topological polar surface area (TPSA) is 64.4 Å². The van der Waals surface area contributed by atoms with E-state index >= 15 is 0 Å². The number of ether oxygens (including phenoxy) is 1. The van der Waals surface area contributed by atoms with E-state index in [0.29, 0.717) is 24.9 Å². The van der Waals surface area contributed by atoms with E-state index in [9.17, 15) is 14.0 Å². The van der Waals surface area contributed by atoms with E-state index in [1.807, 2.05) is 37.6 Å². The summed E-state index contributed by atoms with van der Waals surface area (Å²) in [5.74, 6) is -0.605. The molecule has 0 aliphatic carbocycles. The zero-order chi connectivity index (χ0) is 23.7. The first-order chi connectivity index (χ1) is 15.8. The number of hydrogen-bond acceptors (Lipinski definition) is 4. The van der Waals surface area contributed by atoms with Crippen LogP contribution in [0.4, 0.5) is 10.1 Å². The zero-order valence-corrected chi connectivity index (χ0v) is 19.4. The van der Waals surface area contributed by atoms with Crippen LogP contribution >= 0.6 is 0 Å². The van der Waals surface area contributed by atoms with Crippen molar-refractivity contribution in [3.63, 3.8) is 0 Å². The first-order valence-electron chi connectivity index (χ1n) is 11.1. The summed E-state index contributed by atoms with van der Waals surface area (Å²) in [5.41, 5.74) is 6.74. The van der Waals surface area contributed by atoms with E-state index in [2.05, 4.69) is 5.10 Å². The van der Waals surface area contributed by atoms with Crippen molar-refractivity contribution < 1.29 is 18.7 Å². The summed E-state index contributed by atoms with van der Waals surface area (Å²) >= 11 is 0. The molecule has 0 saturated carbocycles. The number of fused-ring (bicyclic) bond motifs is 1. The van der Waals surface area contributed by atoms with Crippen molar-refractivity contribution >= 4 is 17.6 Å². The Balaban J connectivity index is 1.58. The van der Waals surface area contributed by atoms with Gasteiger partial charge in [-0.3, -0.25) is 9.59 Å². The molecule has 0 atom stereocenters. The number of carbonyl (C=O) groups is 2. The second-order valence-corrected chi connectivity index (χ2v) is 8.47. The van der Waals surface area contributed by atoms with Gasteiger partial charge in [0.05, 0.1) is 24.2 Å². The second kappa shape index (κ2) is 9.17. The zero-order valence-electron chi connectivity index (χ0n) is 19.4. The predicted molar refractivity (Wildman–Crippen MR) is 125 cm³/mol. The van der Waals surface area contributed by atoms with Crippen molar-refractivity contribution in [2.75, 3.05) is 18.6 Å². The fraction of sp³-hybridized carbons (Fsp3) is 0.346. The van der Waals surface area contributed by atoms with Gasteiger partial charge in [-0.05, 0) is 93.1 Å². The Bertz CT molecular complexity index is 1210. The fourth-order valence-corrected chi connectivity index (χ4v) is 4.64. The third-order valence-corrected chi connectivity index (χ3v) is 6.29. The van der Waals surface area contributed by atoms with Crippen LogP contribution in [-0.4, -0.2) is 35.3 Å². The molecule has 7 heteroatoms. The lowest BCUT2D eigenvalue weighted by Crippen LogP contribution is -2.36. The molecule has 1 aliphatic rings. The highest BCUT2D eigenvalue weighted by molar-refractivity contribution is 6.07. The van der Waals surface area contributed by atoms with Crippen LogP contribution in [0.25, 0.3) is 5.69 Å². The summed E-state index contributed by atoms with van der Waals surface area (Å²) in [6, 6.07) is 10.4. The van der Waals surface area contributed by atoms with E-state index in [1.54, 1.807) is 17.0 Å². The number of amides is 1. The normalized spacial score (nSPS) is 13.1. The Morgan fingerprint density at radius 2 is 1.85 bits per heavy atom. The number of methoxy groups -OCH3 is 1. The Hall–Kier alpha value is -3.48. The number of halogens is 1. The predicted octanol–water partition coefficient (Wildman–Crippen LogP) is 4.64. The lowest BCUT2D eigenvalue weighted by molar-refractivity contribution is -0.140. The van der Waals surface area contributed by atoms with Crippen molar-refractivity contribution in [2.45, 2.75) is 46.5 Å². The number of nitrogens with zero attached hydrogens (tertiary/aromatic N) is 3. The average Bonchev–Trinajstić information content (AvgIpc) is 3.09. The van der Waals surface area contributed by atoms with Crippen molar-refractivity contribution in [1.29, 1.82) is 0 Å². The van der Waals surface area contributed by atoms with Gasteiger partial charge in [-0.1, -0.05) is 0 Å². The highest BCUT2D eigenvalue weighted by Crippen LogP contribution is 2.33. The molecule has 4 rings (SSSR count). The third kappa shape index (κ3) is 4.40. The summed E-state index contributed by atoms with van der Waals surface area (Å²) in [7, 11) is 1.39. The minimum atomic E-state index is -0.263.